The first-order valence-electron chi connectivity index (χ1n) is 9.08. The van der Waals surface area contributed by atoms with E-state index < -0.39 is 32.7 Å². The van der Waals surface area contributed by atoms with Crippen molar-refractivity contribution in [3.63, 3.8) is 0 Å². The van der Waals surface area contributed by atoms with E-state index in [-0.39, 0.29) is 12.0 Å². The molecule has 1 amide bonds. The molecule has 6 nitrogen and oxygen atoms in total. The van der Waals surface area contributed by atoms with Gasteiger partial charge in [-0.2, -0.15) is 0 Å². The maximum Gasteiger partial charge on any atom is 0.242 e. The molecule has 0 radical (unpaired) electrons. The van der Waals surface area contributed by atoms with Crippen LogP contribution in [0.15, 0.2) is 12.1 Å². The molecule has 0 spiro atoms. The van der Waals surface area contributed by atoms with E-state index in [1.807, 2.05) is 4.72 Å². The molecule has 144 valence electrons. The van der Waals surface area contributed by atoms with Crippen molar-refractivity contribution in [3.8, 4) is 5.75 Å². The average Bonchev–Trinajstić information content (AvgIpc) is 2.75. The summed E-state index contributed by atoms with van der Waals surface area (Å²) >= 11 is 0. The number of hydrogen-bond donors (Lipinski definition) is 2. The van der Waals surface area contributed by atoms with Crippen molar-refractivity contribution in [1.29, 1.82) is 0 Å². The second-order valence-corrected chi connectivity index (χ2v) is 9.17. The molecule has 1 aromatic rings. The molecule has 2 fully saturated rings. The Morgan fingerprint density at radius 2 is 2.08 bits per heavy atom. The fraction of sp³-hybridized carbons (Fsp3) is 0.611. The zero-order valence-electron chi connectivity index (χ0n) is 14.9. The van der Waals surface area contributed by atoms with Gasteiger partial charge in [-0.15, -0.1) is 0 Å². The summed E-state index contributed by atoms with van der Waals surface area (Å²) in [6.07, 6.45) is 4.30. The summed E-state index contributed by atoms with van der Waals surface area (Å²) in [6.45, 7) is 4.43. The molecule has 0 bridgehead atoms. The Morgan fingerprint density at radius 1 is 1.35 bits per heavy atom. The van der Waals surface area contributed by atoms with Crippen LogP contribution in [0.3, 0.4) is 0 Å². The Balaban J connectivity index is 1.81. The number of amides is 1. The summed E-state index contributed by atoms with van der Waals surface area (Å²) in [7, 11) is -4.00. The van der Waals surface area contributed by atoms with Crippen LogP contribution in [0.5, 0.6) is 5.75 Å². The lowest BCUT2D eigenvalue weighted by molar-refractivity contribution is -0.118. The molecule has 1 saturated heterocycles. The molecule has 1 aliphatic heterocycles. The van der Waals surface area contributed by atoms with E-state index in [1.54, 1.807) is 0 Å². The van der Waals surface area contributed by atoms with Gasteiger partial charge in [0.05, 0.1) is 12.0 Å². The topological polar surface area (TPSA) is 86.7 Å². The number of halogens is 1. The zero-order valence-corrected chi connectivity index (χ0v) is 15.7. The van der Waals surface area contributed by atoms with E-state index in [4.69, 9.17) is 0 Å². The molecule has 0 aromatic heterocycles. The monoisotopic (exact) mass is 384 g/mol. The maximum absolute atomic E-state index is 14.6. The lowest BCUT2D eigenvalue weighted by Crippen LogP contribution is -2.32. The lowest BCUT2D eigenvalue weighted by Gasteiger charge is -2.32. The number of nitrogens with zero attached hydrogens (tertiary/aromatic N) is 1. The van der Waals surface area contributed by atoms with Crippen LogP contribution in [0.1, 0.15) is 55.4 Å². The normalized spacial score (nSPS) is 22.4. The third kappa shape index (κ3) is 4.01. The molecule has 2 aliphatic rings. The maximum atomic E-state index is 14.6. The number of carbonyl (C=O) groups is 1. The highest BCUT2D eigenvalue weighted by molar-refractivity contribution is 7.90. The van der Waals surface area contributed by atoms with Gasteiger partial charge in [0.1, 0.15) is 16.8 Å². The predicted molar refractivity (Wildman–Crippen MR) is 95.4 cm³/mol. The number of sulfonamides is 1. The summed E-state index contributed by atoms with van der Waals surface area (Å²) in [5.74, 6) is -1.21. The number of carbonyl (C=O) groups excluding carboxylic acids is 1. The Hall–Kier alpha value is -1.67. The van der Waals surface area contributed by atoms with Gasteiger partial charge in [0.15, 0.2) is 0 Å². The largest absolute Gasteiger partial charge is 0.508 e. The van der Waals surface area contributed by atoms with Crippen molar-refractivity contribution < 1.29 is 22.7 Å². The third-order valence-electron chi connectivity index (χ3n) is 5.18. The number of phenols is 1. The summed E-state index contributed by atoms with van der Waals surface area (Å²) in [5, 5.41) is 8.89. The minimum absolute atomic E-state index is 0.326. The Bertz CT molecular complexity index is 769. The highest BCUT2D eigenvalue weighted by atomic mass is 32.2. The number of nitrogens with one attached hydrogen (secondary N) is 1. The van der Waals surface area contributed by atoms with Crippen molar-refractivity contribution >= 4 is 15.9 Å². The van der Waals surface area contributed by atoms with Gasteiger partial charge in [0.2, 0.25) is 15.9 Å². The van der Waals surface area contributed by atoms with Gasteiger partial charge in [-0.3, -0.25) is 14.4 Å². The summed E-state index contributed by atoms with van der Waals surface area (Å²) in [4.78, 5) is 13.6. The molecule has 1 heterocycles. The van der Waals surface area contributed by atoms with E-state index in [0.29, 0.717) is 18.0 Å². The predicted octanol–water partition coefficient (Wildman–Crippen LogP) is 2.43. The second kappa shape index (κ2) is 7.52. The Labute approximate surface area is 153 Å². The van der Waals surface area contributed by atoms with E-state index >= 15 is 0 Å². The van der Waals surface area contributed by atoms with Gasteiger partial charge in [-0.1, -0.05) is 13.3 Å². The SMILES string of the molecule is CCCN(Cc1cc(O)c(C2CC(=O)NS2(=O)=O)c(F)c1)CC1CCC1. The van der Waals surface area contributed by atoms with E-state index in [2.05, 4.69) is 11.8 Å². The second-order valence-electron chi connectivity index (χ2n) is 7.31. The Kier molecular flexibility index (Phi) is 5.53. The molecule has 26 heavy (non-hydrogen) atoms. The van der Waals surface area contributed by atoms with Crippen LogP contribution in [-0.2, 0) is 21.4 Å². The minimum atomic E-state index is -4.00. The van der Waals surface area contributed by atoms with Crippen molar-refractivity contribution in [2.24, 2.45) is 5.92 Å². The van der Waals surface area contributed by atoms with Crippen LogP contribution >= 0.6 is 0 Å². The van der Waals surface area contributed by atoms with Crippen molar-refractivity contribution in [3.05, 3.63) is 29.1 Å². The van der Waals surface area contributed by atoms with Gasteiger partial charge < -0.3 is 5.11 Å². The Morgan fingerprint density at radius 3 is 2.58 bits per heavy atom. The van der Waals surface area contributed by atoms with Crippen LogP contribution in [0.2, 0.25) is 0 Å². The molecule has 1 aliphatic carbocycles. The van der Waals surface area contributed by atoms with Crippen LogP contribution in [0.4, 0.5) is 4.39 Å². The number of hydrogen-bond acceptors (Lipinski definition) is 5. The molecular formula is C18H25FN2O4S. The molecule has 1 saturated carbocycles. The number of aromatic hydroxyl groups is 1. The summed E-state index contributed by atoms with van der Waals surface area (Å²) in [6, 6.07) is 2.69. The number of rotatable bonds is 7. The van der Waals surface area contributed by atoms with Crippen molar-refractivity contribution in [1.82, 2.24) is 9.62 Å². The zero-order chi connectivity index (χ0) is 18.9. The van der Waals surface area contributed by atoms with Gasteiger partial charge in [0.25, 0.3) is 0 Å². The number of benzene rings is 1. The minimum Gasteiger partial charge on any atom is -0.508 e. The molecule has 1 unspecified atom stereocenters. The molecule has 1 aromatic carbocycles. The quantitative estimate of drug-likeness (QED) is 0.754. The van der Waals surface area contributed by atoms with Crippen LogP contribution in [0, 0.1) is 11.7 Å². The van der Waals surface area contributed by atoms with Gasteiger partial charge in [-0.05, 0) is 49.4 Å². The van der Waals surface area contributed by atoms with E-state index in [0.717, 1.165) is 19.5 Å². The summed E-state index contributed by atoms with van der Waals surface area (Å²) < 4.78 is 40.4. The van der Waals surface area contributed by atoms with E-state index in [1.165, 1.54) is 31.4 Å². The first kappa shape index (κ1) is 19.1. The van der Waals surface area contributed by atoms with Gasteiger partial charge in [0, 0.05) is 13.1 Å². The first-order chi connectivity index (χ1) is 12.3. The van der Waals surface area contributed by atoms with Gasteiger partial charge >= 0.3 is 0 Å². The first-order valence-corrected chi connectivity index (χ1v) is 10.6. The van der Waals surface area contributed by atoms with E-state index in [9.17, 15) is 22.7 Å². The highest BCUT2D eigenvalue weighted by Gasteiger charge is 2.41. The molecule has 1 atom stereocenters. The van der Waals surface area contributed by atoms with Crippen molar-refractivity contribution in [2.75, 3.05) is 13.1 Å². The van der Waals surface area contributed by atoms with Crippen molar-refractivity contribution in [2.45, 2.75) is 50.8 Å². The fourth-order valence-corrected chi connectivity index (χ4v) is 5.18. The van der Waals surface area contributed by atoms with Gasteiger partial charge in [-0.25, -0.2) is 12.8 Å². The lowest BCUT2D eigenvalue weighted by atomic mass is 9.85. The average molecular weight is 384 g/mol. The molecule has 3 rings (SSSR count). The fourth-order valence-electron chi connectivity index (χ4n) is 3.72. The molecule has 2 N–H and O–H groups in total. The molecule has 8 heteroatoms. The third-order valence-corrected chi connectivity index (χ3v) is 6.84. The highest BCUT2D eigenvalue weighted by Crippen LogP contribution is 2.38. The summed E-state index contributed by atoms with van der Waals surface area (Å²) in [5.41, 5.74) is 0.277. The standard InChI is InChI=1S/C18H25FN2O4S/c1-2-6-21(10-12-4-3-5-12)11-13-7-14(19)18(15(22)8-13)16-9-17(23)20-26(16,24)25/h7-8,12,16,22H,2-6,9-11H2,1H3,(H,20,23). The van der Waals surface area contributed by atoms with Crippen LogP contribution < -0.4 is 4.72 Å². The van der Waals surface area contributed by atoms with Crippen LogP contribution in [-0.4, -0.2) is 37.4 Å². The smallest absolute Gasteiger partial charge is 0.242 e. The number of phenolic OH excluding ortho intramolecular Hbond substituents is 1. The molecular weight excluding hydrogens is 359 g/mol. The van der Waals surface area contributed by atoms with Crippen LogP contribution in [0.25, 0.3) is 0 Å².